The summed E-state index contributed by atoms with van der Waals surface area (Å²) in [7, 11) is 1.61. The predicted octanol–water partition coefficient (Wildman–Crippen LogP) is 4.59. The van der Waals surface area contributed by atoms with Crippen LogP contribution in [0.4, 0.5) is 0 Å². The molecule has 0 unspecified atom stereocenters. The Morgan fingerprint density at radius 2 is 1.71 bits per heavy atom. The van der Waals surface area contributed by atoms with Crippen molar-refractivity contribution >= 4 is 17.0 Å². The van der Waals surface area contributed by atoms with Crippen molar-refractivity contribution in [3.63, 3.8) is 0 Å². The van der Waals surface area contributed by atoms with E-state index in [0.29, 0.717) is 17.3 Å². The number of imidazole rings is 1. The first kappa shape index (κ1) is 17.6. The molecular weight excluding hydrogens is 356 g/mol. The summed E-state index contributed by atoms with van der Waals surface area (Å²) in [6.45, 7) is -0.155. The van der Waals surface area contributed by atoms with Gasteiger partial charge in [-0.05, 0) is 48.5 Å². The Morgan fingerprint density at radius 1 is 0.964 bits per heavy atom. The van der Waals surface area contributed by atoms with Crippen LogP contribution in [0.15, 0.2) is 72.8 Å². The topological polar surface area (TPSA) is 73.6 Å². The molecule has 0 aliphatic heterocycles. The average molecular weight is 374 g/mol. The van der Waals surface area contributed by atoms with Crippen molar-refractivity contribution in [2.24, 2.45) is 0 Å². The van der Waals surface area contributed by atoms with E-state index in [1.54, 1.807) is 17.7 Å². The van der Waals surface area contributed by atoms with Gasteiger partial charge in [-0.2, -0.15) is 0 Å². The van der Waals surface area contributed by atoms with Crippen molar-refractivity contribution in [2.75, 3.05) is 7.11 Å². The van der Waals surface area contributed by atoms with Gasteiger partial charge in [-0.1, -0.05) is 18.2 Å². The first-order chi connectivity index (χ1) is 13.6. The van der Waals surface area contributed by atoms with E-state index in [4.69, 9.17) is 9.47 Å². The second-order valence-electron chi connectivity index (χ2n) is 6.21. The van der Waals surface area contributed by atoms with Crippen LogP contribution < -0.4 is 9.47 Å². The standard InChI is InChI=1S/C22H18N2O4/c1-27-17-5-4-6-18(13-17)28-16-11-9-15(10-12-16)22-23-19-7-2-3-8-20(19)24(22)14-21(25)26/h2-13H,14H2,1H3,(H,25,26). The van der Waals surface area contributed by atoms with E-state index in [1.165, 1.54) is 0 Å². The van der Waals surface area contributed by atoms with Gasteiger partial charge in [-0.3, -0.25) is 4.79 Å². The molecule has 6 heteroatoms. The number of para-hydroxylation sites is 2. The molecule has 1 heterocycles. The minimum Gasteiger partial charge on any atom is -0.497 e. The smallest absolute Gasteiger partial charge is 0.323 e. The summed E-state index contributed by atoms with van der Waals surface area (Å²) in [5.74, 6) is 1.75. The number of methoxy groups -OCH3 is 1. The number of carbonyl (C=O) groups is 1. The SMILES string of the molecule is COc1cccc(Oc2ccc(-c3nc4ccccc4n3CC(=O)O)cc2)c1. The minimum atomic E-state index is -0.914. The van der Waals surface area contributed by atoms with Gasteiger partial charge >= 0.3 is 5.97 Å². The Hall–Kier alpha value is -3.80. The average Bonchev–Trinajstić information content (AvgIpc) is 3.07. The molecule has 0 radical (unpaired) electrons. The van der Waals surface area contributed by atoms with Crippen molar-refractivity contribution in [3.8, 4) is 28.6 Å². The van der Waals surface area contributed by atoms with Gasteiger partial charge in [0.05, 0.1) is 18.1 Å². The van der Waals surface area contributed by atoms with Crippen LogP contribution in [0.25, 0.3) is 22.4 Å². The first-order valence-electron chi connectivity index (χ1n) is 8.73. The monoisotopic (exact) mass is 374 g/mol. The fraction of sp³-hybridized carbons (Fsp3) is 0.0909. The Balaban J connectivity index is 1.66. The highest BCUT2D eigenvalue weighted by molar-refractivity contribution is 5.82. The molecule has 0 spiro atoms. The van der Waals surface area contributed by atoms with Gasteiger partial charge < -0.3 is 19.1 Å². The second-order valence-corrected chi connectivity index (χ2v) is 6.21. The van der Waals surface area contributed by atoms with E-state index in [2.05, 4.69) is 4.98 Å². The van der Waals surface area contributed by atoms with Crippen LogP contribution in [-0.2, 0) is 11.3 Å². The lowest BCUT2D eigenvalue weighted by Gasteiger charge is -2.09. The maximum absolute atomic E-state index is 11.3. The van der Waals surface area contributed by atoms with Crippen molar-refractivity contribution in [3.05, 3.63) is 72.8 Å². The maximum atomic E-state index is 11.3. The Morgan fingerprint density at radius 3 is 2.46 bits per heavy atom. The number of aliphatic carboxylic acids is 1. The molecule has 0 saturated heterocycles. The van der Waals surface area contributed by atoms with Crippen LogP contribution in [0.3, 0.4) is 0 Å². The summed E-state index contributed by atoms with van der Waals surface area (Å²) in [4.78, 5) is 15.9. The fourth-order valence-corrected chi connectivity index (χ4v) is 3.06. The molecule has 3 aromatic carbocycles. The third-order valence-electron chi connectivity index (χ3n) is 4.34. The quantitative estimate of drug-likeness (QED) is 0.534. The number of rotatable bonds is 6. The van der Waals surface area contributed by atoms with Crippen LogP contribution in [0.1, 0.15) is 0 Å². The zero-order valence-corrected chi connectivity index (χ0v) is 15.2. The first-order valence-corrected chi connectivity index (χ1v) is 8.73. The van der Waals surface area contributed by atoms with E-state index < -0.39 is 5.97 Å². The van der Waals surface area contributed by atoms with Crippen LogP contribution in [0.2, 0.25) is 0 Å². The molecule has 0 bridgehead atoms. The van der Waals surface area contributed by atoms with E-state index in [-0.39, 0.29) is 6.54 Å². The Bertz CT molecular complexity index is 1130. The van der Waals surface area contributed by atoms with Crippen LogP contribution in [0, 0.1) is 0 Å². The van der Waals surface area contributed by atoms with E-state index >= 15 is 0 Å². The molecule has 4 aromatic rings. The number of ether oxygens (including phenoxy) is 2. The summed E-state index contributed by atoms with van der Waals surface area (Å²) in [5.41, 5.74) is 2.36. The molecule has 1 N–H and O–H groups in total. The lowest BCUT2D eigenvalue weighted by atomic mass is 10.2. The van der Waals surface area contributed by atoms with E-state index in [9.17, 15) is 9.90 Å². The van der Waals surface area contributed by atoms with Crippen molar-refractivity contribution in [2.45, 2.75) is 6.54 Å². The number of hydrogen-bond acceptors (Lipinski definition) is 4. The molecule has 0 aliphatic carbocycles. The van der Waals surface area contributed by atoms with E-state index in [1.807, 2.05) is 66.7 Å². The molecule has 0 amide bonds. The molecule has 0 fully saturated rings. The zero-order valence-electron chi connectivity index (χ0n) is 15.2. The zero-order chi connectivity index (χ0) is 19.5. The number of carboxylic acids is 1. The number of aromatic nitrogens is 2. The molecule has 140 valence electrons. The van der Waals surface area contributed by atoms with Gasteiger partial charge in [-0.15, -0.1) is 0 Å². The Kier molecular flexibility index (Phi) is 4.68. The van der Waals surface area contributed by atoms with Crippen LogP contribution in [0.5, 0.6) is 17.2 Å². The largest absolute Gasteiger partial charge is 0.497 e. The van der Waals surface area contributed by atoms with Crippen molar-refractivity contribution < 1.29 is 19.4 Å². The predicted molar refractivity (Wildman–Crippen MR) is 106 cm³/mol. The van der Waals surface area contributed by atoms with E-state index in [0.717, 1.165) is 22.3 Å². The number of fused-ring (bicyclic) bond motifs is 1. The van der Waals surface area contributed by atoms with Gasteiger partial charge in [0.2, 0.25) is 0 Å². The second kappa shape index (κ2) is 7.44. The highest BCUT2D eigenvalue weighted by Gasteiger charge is 2.14. The van der Waals surface area contributed by atoms with Gasteiger partial charge in [0.25, 0.3) is 0 Å². The summed E-state index contributed by atoms with van der Waals surface area (Å²) in [5, 5.41) is 9.29. The summed E-state index contributed by atoms with van der Waals surface area (Å²) in [6.07, 6.45) is 0. The molecule has 0 saturated carbocycles. The van der Waals surface area contributed by atoms with Gasteiger partial charge in [0.1, 0.15) is 29.6 Å². The summed E-state index contributed by atoms with van der Waals surface area (Å²) in [6, 6.07) is 22.3. The number of nitrogens with zero attached hydrogens (tertiary/aromatic N) is 2. The lowest BCUT2D eigenvalue weighted by Crippen LogP contribution is -2.09. The molecule has 1 aromatic heterocycles. The number of hydrogen-bond donors (Lipinski definition) is 1. The number of carboxylic acid groups (broad SMARTS) is 1. The third-order valence-corrected chi connectivity index (χ3v) is 4.34. The summed E-state index contributed by atoms with van der Waals surface area (Å²) >= 11 is 0. The highest BCUT2D eigenvalue weighted by atomic mass is 16.5. The molecule has 0 atom stereocenters. The van der Waals surface area contributed by atoms with Gasteiger partial charge in [0, 0.05) is 11.6 Å². The van der Waals surface area contributed by atoms with Crippen molar-refractivity contribution in [1.29, 1.82) is 0 Å². The molecular formula is C22H18N2O4. The fourth-order valence-electron chi connectivity index (χ4n) is 3.06. The van der Waals surface area contributed by atoms with Crippen LogP contribution in [-0.4, -0.2) is 27.7 Å². The Labute approximate surface area is 161 Å². The molecule has 0 aliphatic rings. The maximum Gasteiger partial charge on any atom is 0.323 e. The highest BCUT2D eigenvalue weighted by Crippen LogP contribution is 2.29. The van der Waals surface area contributed by atoms with Crippen LogP contribution >= 0.6 is 0 Å². The summed E-state index contributed by atoms with van der Waals surface area (Å²) < 4.78 is 12.8. The molecule has 4 rings (SSSR count). The number of benzene rings is 3. The molecule has 28 heavy (non-hydrogen) atoms. The minimum absolute atomic E-state index is 0.155. The lowest BCUT2D eigenvalue weighted by molar-refractivity contribution is -0.137. The molecule has 6 nitrogen and oxygen atoms in total. The van der Waals surface area contributed by atoms with Gasteiger partial charge in [0.15, 0.2) is 0 Å². The normalized spacial score (nSPS) is 10.8. The van der Waals surface area contributed by atoms with Gasteiger partial charge in [-0.25, -0.2) is 4.98 Å². The van der Waals surface area contributed by atoms with Crippen molar-refractivity contribution in [1.82, 2.24) is 9.55 Å². The third kappa shape index (κ3) is 3.53.